The topological polar surface area (TPSA) is 49.4 Å². The van der Waals surface area contributed by atoms with Gasteiger partial charge in [-0.05, 0) is 0 Å². The molecule has 0 bridgehead atoms. The summed E-state index contributed by atoms with van der Waals surface area (Å²) < 4.78 is 10.1. The maximum Gasteiger partial charge on any atom is 0.124 e. The van der Waals surface area contributed by atoms with Crippen molar-refractivity contribution >= 4 is 0 Å². The number of rotatable bonds is 1. The molecule has 0 amide bonds. The summed E-state index contributed by atoms with van der Waals surface area (Å²) in [7, 11) is 0. The van der Waals surface area contributed by atoms with Gasteiger partial charge in [0.15, 0.2) is 0 Å². The average Bonchev–Trinajstić information content (AvgIpc) is 2.58. The van der Waals surface area contributed by atoms with Gasteiger partial charge in [-0.15, -0.1) is 0 Å². The standard InChI is InChI=1S/C7H9N2O2/c1-3-11-9-6(1)7-5-8-2-4-10-7/h1,3,7H,2,4-5H2. The van der Waals surface area contributed by atoms with E-state index in [0.29, 0.717) is 13.2 Å². The van der Waals surface area contributed by atoms with Gasteiger partial charge in [0, 0.05) is 19.2 Å². The zero-order valence-electron chi connectivity index (χ0n) is 6.06. The molecule has 59 valence electrons. The van der Waals surface area contributed by atoms with E-state index in [-0.39, 0.29) is 6.10 Å². The lowest BCUT2D eigenvalue weighted by Gasteiger charge is -2.19. The predicted octanol–water partition coefficient (Wildman–Crippen LogP) is 0.350. The maximum atomic E-state index is 5.41. The molecule has 0 saturated carbocycles. The highest BCUT2D eigenvalue weighted by Crippen LogP contribution is 2.16. The minimum absolute atomic E-state index is 0.0162. The number of hydrogen-bond acceptors (Lipinski definition) is 3. The highest BCUT2D eigenvalue weighted by atomic mass is 16.5. The third kappa shape index (κ3) is 1.41. The van der Waals surface area contributed by atoms with Crippen molar-refractivity contribution < 1.29 is 9.26 Å². The second kappa shape index (κ2) is 3.02. The van der Waals surface area contributed by atoms with Crippen molar-refractivity contribution in [2.24, 2.45) is 0 Å². The van der Waals surface area contributed by atoms with E-state index in [2.05, 4.69) is 10.5 Å². The van der Waals surface area contributed by atoms with Crippen molar-refractivity contribution in [2.45, 2.75) is 6.10 Å². The molecule has 0 spiro atoms. The van der Waals surface area contributed by atoms with Gasteiger partial charge in [-0.3, -0.25) is 0 Å². The first-order valence-electron chi connectivity index (χ1n) is 3.62. The van der Waals surface area contributed by atoms with Crippen LogP contribution in [0.15, 0.2) is 16.9 Å². The number of hydrogen-bond donors (Lipinski definition) is 0. The summed E-state index contributed by atoms with van der Waals surface area (Å²) in [5.41, 5.74) is 0.841. The van der Waals surface area contributed by atoms with E-state index in [1.807, 2.05) is 6.07 Å². The van der Waals surface area contributed by atoms with E-state index in [1.165, 1.54) is 0 Å². The number of morpholine rings is 1. The highest BCUT2D eigenvalue weighted by molar-refractivity contribution is 5.01. The number of ether oxygens (including phenoxy) is 1. The van der Waals surface area contributed by atoms with Gasteiger partial charge in [0.1, 0.15) is 18.1 Å². The smallest absolute Gasteiger partial charge is 0.124 e. The van der Waals surface area contributed by atoms with Gasteiger partial charge in [-0.1, -0.05) is 5.16 Å². The van der Waals surface area contributed by atoms with Crippen molar-refractivity contribution in [1.82, 2.24) is 10.5 Å². The molecule has 4 nitrogen and oxygen atoms in total. The first-order valence-corrected chi connectivity index (χ1v) is 3.62. The van der Waals surface area contributed by atoms with Crippen molar-refractivity contribution in [3.8, 4) is 0 Å². The first-order chi connectivity index (χ1) is 5.47. The summed E-state index contributed by atoms with van der Waals surface area (Å²) in [6.45, 7) is 2.19. The van der Waals surface area contributed by atoms with Gasteiger partial charge in [-0.25, -0.2) is 5.32 Å². The third-order valence-corrected chi connectivity index (χ3v) is 1.65. The first kappa shape index (κ1) is 6.82. The van der Waals surface area contributed by atoms with E-state index in [1.54, 1.807) is 6.26 Å². The quantitative estimate of drug-likeness (QED) is 0.585. The molecule has 0 aromatic carbocycles. The Hall–Kier alpha value is -0.870. The summed E-state index contributed by atoms with van der Waals surface area (Å²) in [6.07, 6.45) is 1.57. The van der Waals surface area contributed by atoms with E-state index < -0.39 is 0 Å². The molecule has 2 rings (SSSR count). The molecule has 2 heterocycles. The molecule has 1 aliphatic rings. The van der Waals surface area contributed by atoms with Crippen molar-refractivity contribution in [3.63, 3.8) is 0 Å². The van der Waals surface area contributed by atoms with Gasteiger partial charge in [-0.2, -0.15) is 0 Å². The highest BCUT2D eigenvalue weighted by Gasteiger charge is 2.18. The van der Waals surface area contributed by atoms with E-state index in [0.717, 1.165) is 12.2 Å². The Morgan fingerprint density at radius 2 is 2.55 bits per heavy atom. The van der Waals surface area contributed by atoms with E-state index >= 15 is 0 Å². The molecule has 1 fully saturated rings. The zero-order chi connectivity index (χ0) is 7.52. The lowest BCUT2D eigenvalue weighted by atomic mass is 10.2. The molecule has 1 aromatic heterocycles. The molecule has 1 aromatic rings. The Balaban J connectivity index is 2.04. The molecule has 1 radical (unpaired) electrons. The van der Waals surface area contributed by atoms with Crippen LogP contribution in [0.25, 0.3) is 0 Å². The Morgan fingerprint density at radius 3 is 3.18 bits per heavy atom. The van der Waals surface area contributed by atoms with Gasteiger partial charge in [0.2, 0.25) is 0 Å². The monoisotopic (exact) mass is 153 g/mol. The SMILES string of the molecule is c1cc(C2C[N]CCO2)no1. The normalized spacial score (nSPS) is 25.3. The van der Waals surface area contributed by atoms with Crippen LogP contribution in [-0.4, -0.2) is 24.9 Å². The lowest BCUT2D eigenvalue weighted by molar-refractivity contribution is 0.0216. The molecule has 0 aliphatic carbocycles. The fraction of sp³-hybridized carbons (Fsp3) is 0.571. The molecule has 4 heteroatoms. The Bertz CT molecular complexity index is 204. The fourth-order valence-electron chi connectivity index (χ4n) is 1.09. The van der Waals surface area contributed by atoms with Crippen LogP contribution in [0, 0.1) is 0 Å². The Morgan fingerprint density at radius 1 is 1.55 bits per heavy atom. The summed E-state index contributed by atoms with van der Waals surface area (Å²) >= 11 is 0. The van der Waals surface area contributed by atoms with Crippen molar-refractivity contribution in [3.05, 3.63) is 18.0 Å². The van der Waals surface area contributed by atoms with Gasteiger partial charge >= 0.3 is 0 Å². The summed E-state index contributed by atoms with van der Waals surface area (Å²) in [6, 6.07) is 1.81. The van der Waals surface area contributed by atoms with Crippen LogP contribution in [0.1, 0.15) is 11.8 Å². The van der Waals surface area contributed by atoms with E-state index in [4.69, 9.17) is 9.26 Å². The molecular formula is C7H9N2O2. The molecule has 11 heavy (non-hydrogen) atoms. The van der Waals surface area contributed by atoms with Crippen molar-refractivity contribution in [2.75, 3.05) is 19.7 Å². The summed E-state index contributed by atoms with van der Waals surface area (Å²) in [4.78, 5) is 0. The average molecular weight is 153 g/mol. The summed E-state index contributed by atoms with van der Waals surface area (Å²) in [5.74, 6) is 0. The van der Waals surface area contributed by atoms with Crippen LogP contribution in [0.5, 0.6) is 0 Å². The molecule has 0 N–H and O–H groups in total. The van der Waals surface area contributed by atoms with Crippen LogP contribution in [-0.2, 0) is 4.74 Å². The Kier molecular flexibility index (Phi) is 1.87. The van der Waals surface area contributed by atoms with Crippen LogP contribution in [0.2, 0.25) is 0 Å². The molecule has 1 unspecified atom stereocenters. The van der Waals surface area contributed by atoms with Crippen molar-refractivity contribution in [1.29, 1.82) is 0 Å². The van der Waals surface area contributed by atoms with Gasteiger partial charge in [0.05, 0.1) is 6.61 Å². The largest absolute Gasteiger partial charge is 0.369 e. The minimum Gasteiger partial charge on any atom is -0.369 e. The molecule has 1 saturated heterocycles. The Labute approximate surface area is 64.5 Å². The summed E-state index contributed by atoms with van der Waals surface area (Å²) in [5, 5.41) is 7.99. The van der Waals surface area contributed by atoms with Gasteiger partial charge < -0.3 is 9.26 Å². The molecular weight excluding hydrogens is 144 g/mol. The lowest BCUT2D eigenvalue weighted by Crippen LogP contribution is -2.28. The fourth-order valence-corrected chi connectivity index (χ4v) is 1.09. The minimum atomic E-state index is 0.0162. The molecule has 1 aliphatic heterocycles. The van der Waals surface area contributed by atoms with Crippen LogP contribution in [0.4, 0.5) is 0 Å². The van der Waals surface area contributed by atoms with Crippen LogP contribution in [0.3, 0.4) is 0 Å². The van der Waals surface area contributed by atoms with Crippen LogP contribution < -0.4 is 5.32 Å². The van der Waals surface area contributed by atoms with Gasteiger partial charge in [0.25, 0.3) is 0 Å². The number of aromatic nitrogens is 1. The maximum absolute atomic E-state index is 5.41. The number of nitrogens with zero attached hydrogens (tertiary/aromatic N) is 2. The van der Waals surface area contributed by atoms with Crippen LogP contribution >= 0.6 is 0 Å². The predicted molar refractivity (Wildman–Crippen MR) is 37.1 cm³/mol. The van der Waals surface area contributed by atoms with E-state index in [9.17, 15) is 0 Å². The second-order valence-corrected chi connectivity index (χ2v) is 2.41. The second-order valence-electron chi connectivity index (χ2n) is 2.41. The third-order valence-electron chi connectivity index (χ3n) is 1.65. The zero-order valence-corrected chi connectivity index (χ0v) is 6.06. The molecule has 1 atom stereocenters.